The summed E-state index contributed by atoms with van der Waals surface area (Å²) in [4.78, 5) is 13.7. The molecule has 98 valence electrons. The SMILES string of the molecule is O=[N+]([O-])c1cccnc1S(=O)(=O)C[C@@H]1CCNC1. The molecule has 8 heteroatoms. The van der Waals surface area contributed by atoms with Crippen LogP contribution in [0.3, 0.4) is 0 Å². The molecule has 1 atom stereocenters. The Hall–Kier alpha value is -1.54. The Kier molecular flexibility index (Phi) is 3.58. The van der Waals surface area contributed by atoms with E-state index in [0.717, 1.165) is 19.0 Å². The van der Waals surface area contributed by atoms with Crippen LogP contribution in [0.25, 0.3) is 0 Å². The second-order valence-corrected chi connectivity index (χ2v) is 6.17. The zero-order valence-electron chi connectivity index (χ0n) is 9.57. The van der Waals surface area contributed by atoms with E-state index in [1.807, 2.05) is 0 Å². The van der Waals surface area contributed by atoms with Gasteiger partial charge in [-0.25, -0.2) is 13.4 Å². The molecule has 18 heavy (non-hydrogen) atoms. The second-order valence-electron chi connectivity index (χ2n) is 4.23. The average Bonchev–Trinajstić information content (AvgIpc) is 2.81. The molecular weight excluding hydrogens is 258 g/mol. The monoisotopic (exact) mass is 271 g/mol. The summed E-state index contributed by atoms with van der Waals surface area (Å²) in [5, 5.41) is 13.4. The van der Waals surface area contributed by atoms with Gasteiger partial charge in [-0.2, -0.15) is 0 Å². The maximum Gasteiger partial charge on any atom is 0.306 e. The number of rotatable bonds is 4. The minimum Gasteiger partial charge on any atom is -0.316 e. The molecule has 2 heterocycles. The number of aromatic nitrogens is 1. The predicted octanol–water partition coefficient (Wildman–Crippen LogP) is 0.373. The van der Waals surface area contributed by atoms with E-state index < -0.39 is 25.5 Å². The Morgan fingerprint density at radius 1 is 1.56 bits per heavy atom. The molecular formula is C10H13N3O4S. The molecule has 0 radical (unpaired) electrons. The van der Waals surface area contributed by atoms with Crippen LogP contribution in [-0.2, 0) is 9.84 Å². The van der Waals surface area contributed by atoms with Crippen LogP contribution in [0, 0.1) is 16.0 Å². The first kappa shape index (κ1) is 12.9. The highest BCUT2D eigenvalue weighted by Gasteiger charge is 2.30. The fourth-order valence-corrected chi connectivity index (χ4v) is 3.75. The Labute approximate surface area is 104 Å². The van der Waals surface area contributed by atoms with Crippen molar-refractivity contribution < 1.29 is 13.3 Å². The van der Waals surface area contributed by atoms with E-state index in [2.05, 4.69) is 10.3 Å². The highest BCUT2D eigenvalue weighted by Crippen LogP contribution is 2.24. The highest BCUT2D eigenvalue weighted by molar-refractivity contribution is 7.91. The normalized spacial score (nSPS) is 19.9. The van der Waals surface area contributed by atoms with Crippen LogP contribution in [0.1, 0.15) is 6.42 Å². The summed E-state index contributed by atoms with van der Waals surface area (Å²) < 4.78 is 24.2. The topological polar surface area (TPSA) is 102 Å². The molecule has 1 saturated heterocycles. The quantitative estimate of drug-likeness (QED) is 0.627. The van der Waals surface area contributed by atoms with Crippen molar-refractivity contribution in [2.45, 2.75) is 11.4 Å². The lowest BCUT2D eigenvalue weighted by atomic mass is 10.2. The van der Waals surface area contributed by atoms with Crippen molar-refractivity contribution in [3.05, 3.63) is 28.4 Å². The van der Waals surface area contributed by atoms with Gasteiger partial charge in [-0.3, -0.25) is 10.1 Å². The summed E-state index contributed by atoms with van der Waals surface area (Å²) in [6.07, 6.45) is 2.02. The summed E-state index contributed by atoms with van der Waals surface area (Å²) in [7, 11) is -3.71. The van der Waals surface area contributed by atoms with Crippen LogP contribution in [-0.4, -0.2) is 37.2 Å². The molecule has 1 N–H and O–H groups in total. The van der Waals surface area contributed by atoms with E-state index in [4.69, 9.17) is 0 Å². The average molecular weight is 271 g/mol. The van der Waals surface area contributed by atoms with E-state index in [1.165, 1.54) is 12.3 Å². The molecule has 1 fully saturated rings. The van der Waals surface area contributed by atoms with E-state index in [0.29, 0.717) is 6.54 Å². The third-order valence-electron chi connectivity index (χ3n) is 2.86. The van der Waals surface area contributed by atoms with Gasteiger partial charge < -0.3 is 5.32 Å². The second kappa shape index (κ2) is 4.99. The molecule has 1 aliphatic rings. The lowest BCUT2D eigenvalue weighted by Gasteiger charge is -2.08. The van der Waals surface area contributed by atoms with E-state index in [1.54, 1.807) is 0 Å². The maximum atomic E-state index is 12.1. The van der Waals surface area contributed by atoms with Gasteiger partial charge in [-0.15, -0.1) is 0 Å². The summed E-state index contributed by atoms with van der Waals surface area (Å²) >= 11 is 0. The fourth-order valence-electron chi connectivity index (χ4n) is 2.01. The van der Waals surface area contributed by atoms with Gasteiger partial charge >= 0.3 is 5.69 Å². The van der Waals surface area contributed by atoms with Crippen LogP contribution in [0.4, 0.5) is 5.69 Å². The molecule has 0 spiro atoms. The van der Waals surface area contributed by atoms with Crippen LogP contribution < -0.4 is 5.32 Å². The zero-order chi connectivity index (χ0) is 13.2. The summed E-state index contributed by atoms with van der Waals surface area (Å²) in [6, 6.07) is 2.51. The summed E-state index contributed by atoms with van der Waals surface area (Å²) in [6.45, 7) is 1.41. The minimum atomic E-state index is -3.71. The first-order chi connectivity index (χ1) is 8.50. The fraction of sp³-hybridized carbons (Fsp3) is 0.500. The first-order valence-electron chi connectivity index (χ1n) is 5.53. The number of nitro groups is 1. The van der Waals surface area contributed by atoms with Gasteiger partial charge in [-0.1, -0.05) is 0 Å². The molecule has 0 saturated carbocycles. The number of pyridine rings is 1. The number of sulfone groups is 1. The van der Waals surface area contributed by atoms with Gasteiger partial charge in [0.1, 0.15) is 0 Å². The number of hydrogen-bond acceptors (Lipinski definition) is 6. The van der Waals surface area contributed by atoms with Crippen molar-refractivity contribution >= 4 is 15.5 Å². The molecule has 0 unspecified atom stereocenters. The number of nitrogens with one attached hydrogen (secondary N) is 1. The van der Waals surface area contributed by atoms with Crippen molar-refractivity contribution in [1.82, 2.24) is 10.3 Å². The Bertz CT molecular complexity index is 552. The van der Waals surface area contributed by atoms with E-state index in [9.17, 15) is 18.5 Å². The van der Waals surface area contributed by atoms with Crippen molar-refractivity contribution in [2.24, 2.45) is 5.92 Å². The molecule has 1 aliphatic heterocycles. The molecule has 0 aliphatic carbocycles. The first-order valence-corrected chi connectivity index (χ1v) is 7.19. The molecule has 0 aromatic carbocycles. The smallest absolute Gasteiger partial charge is 0.306 e. The number of nitrogens with zero attached hydrogens (tertiary/aromatic N) is 2. The van der Waals surface area contributed by atoms with Gasteiger partial charge in [0.2, 0.25) is 14.9 Å². The van der Waals surface area contributed by atoms with Gasteiger partial charge in [0.05, 0.1) is 10.7 Å². The molecule has 1 aromatic rings. The van der Waals surface area contributed by atoms with Gasteiger partial charge in [0.25, 0.3) is 0 Å². The third-order valence-corrected chi connectivity index (χ3v) is 4.67. The zero-order valence-corrected chi connectivity index (χ0v) is 10.4. The molecule has 2 rings (SSSR count). The predicted molar refractivity (Wildman–Crippen MR) is 63.9 cm³/mol. The molecule has 7 nitrogen and oxygen atoms in total. The summed E-state index contributed by atoms with van der Waals surface area (Å²) in [5.41, 5.74) is -0.455. The lowest BCUT2D eigenvalue weighted by molar-refractivity contribution is -0.388. The molecule has 0 bridgehead atoms. The third kappa shape index (κ3) is 2.65. The molecule has 0 amide bonds. The Balaban J connectivity index is 2.31. The van der Waals surface area contributed by atoms with Crippen LogP contribution in [0.15, 0.2) is 23.4 Å². The standard InChI is InChI=1S/C10H13N3O4S/c14-13(15)9-2-1-4-12-10(9)18(16,17)7-8-3-5-11-6-8/h1-2,4,8,11H,3,5-7H2/t8-/m1/s1. The van der Waals surface area contributed by atoms with Crippen molar-refractivity contribution in [3.8, 4) is 0 Å². The van der Waals surface area contributed by atoms with Crippen molar-refractivity contribution in [2.75, 3.05) is 18.8 Å². The summed E-state index contributed by atoms with van der Waals surface area (Å²) in [5.74, 6) is -0.102. The minimum absolute atomic E-state index is 0.00314. The van der Waals surface area contributed by atoms with Crippen LogP contribution in [0.5, 0.6) is 0 Å². The largest absolute Gasteiger partial charge is 0.316 e. The van der Waals surface area contributed by atoms with Crippen LogP contribution >= 0.6 is 0 Å². The van der Waals surface area contributed by atoms with Gasteiger partial charge in [0, 0.05) is 12.3 Å². The van der Waals surface area contributed by atoms with Crippen molar-refractivity contribution in [1.29, 1.82) is 0 Å². The maximum absolute atomic E-state index is 12.1. The van der Waals surface area contributed by atoms with Gasteiger partial charge in [0.15, 0.2) is 0 Å². The van der Waals surface area contributed by atoms with E-state index >= 15 is 0 Å². The number of hydrogen-bond donors (Lipinski definition) is 1. The van der Waals surface area contributed by atoms with Crippen molar-refractivity contribution in [3.63, 3.8) is 0 Å². The van der Waals surface area contributed by atoms with Gasteiger partial charge in [-0.05, 0) is 31.5 Å². The Morgan fingerprint density at radius 3 is 2.94 bits per heavy atom. The molecule has 1 aromatic heterocycles. The highest BCUT2D eigenvalue weighted by atomic mass is 32.2. The Morgan fingerprint density at radius 2 is 2.33 bits per heavy atom. The van der Waals surface area contributed by atoms with Crippen LogP contribution in [0.2, 0.25) is 0 Å². The van der Waals surface area contributed by atoms with E-state index in [-0.39, 0.29) is 11.7 Å². The lowest BCUT2D eigenvalue weighted by Crippen LogP contribution is -2.20.